The van der Waals surface area contributed by atoms with Crippen molar-refractivity contribution >= 4 is 60.3 Å². The third-order valence-corrected chi connectivity index (χ3v) is 8.24. The second kappa shape index (κ2) is 9.14. The Kier molecular flexibility index (Phi) is 5.26. The fourth-order valence-electron chi connectivity index (χ4n) is 6.32. The van der Waals surface area contributed by atoms with Crippen LogP contribution in [0.5, 0.6) is 0 Å². The third-order valence-electron chi connectivity index (χ3n) is 8.24. The Morgan fingerprint density at radius 2 is 1.29 bits per heavy atom. The van der Waals surface area contributed by atoms with Gasteiger partial charge in [-0.25, -0.2) is 4.39 Å². The Morgan fingerprint density at radius 1 is 0.585 bits per heavy atom. The van der Waals surface area contributed by atoms with Crippen molar-refractivity contribution < 1.29 is 4.39 Å². The summed E-state index contributed by atoms with van der Waals surface area (Å²) < 4.78 is 15.1. The van der Waals surface area contributed by atoms with Crippen molar-refractivity contribution in [2.45, 2.75) is 6.92 Å². The summed E-state index contributed by atoms with van der Waals surface area (Å²) in [5.41, 5.74) is 6.79. The monoisotopic (exact) mass is 528 g/mol. The molecule has 8 rings (SSSR count). The summed E-state index contributed by atoms with van der Waals surface area (Å²) in [5, 5.41) is 8.53. The van der Waals surface area contributed by atoms with Gasteiger partial charge >= 0.3 is 0 Å². The molecule has 1 heterocycles. The molecule has 1 aromatic heterocycles. The van der Waals surface area contributed by atoms with Gasteiger partial charge in [0.2, 0.25) is 0 Å². The van der Waals surface area contributed by atoms with Crippen molar-refractivity contribution in [3.05, 3.63) is 145 Å². The molecule has 0 atom stereocenters. The highest BCUT2D eigenvalue weighted by atomic mass is 19.1. The number of anilines is 3. The van der Waals surface area contributed by atoms with E-state index in [0.717, 1.165) is 33.4 Å². The summed E-state index contributed by atoms with van der Waals surface area (Å²) in [6, 6.07) is 43.2. The summed E-state index contributed by atoms with van der Waals surface area (Å²) >= 11 is 0. The molecule has 0 aliphatic heterocycles. The van der Waals surface area contributed by atoms with Gasteiger partial charge in [0.05, 0.1) is 11.2 Å². The first-order valence-corrected chi connectivity index (χ1v) is 13.8. The number of para-hydroxylation sites is 2. The molecule has 0 saturated heterocycles. The van der Waals surface area contributed by atoms with E-state index in [9.17, 15) is 0 Å². The Labute approximate surface area is 237 Å². The van der Waals surface area contributed by atoms with Crippen molar-refractivity contribution in [1.29, 1.82) is 0 Å². The van der Waals surface area contributed by atoms with Crippen LogP contribution in [0.3, 0.4) is 0 Å². The molecule has 0 fully saturated rings. The summed E-state index contributed by atoms with van der Waals surface area (Å²) in [5.74, 6) is -0.256. The van der Waals surface area contributed by atoms with Crippen LogP contribution in [0.1, 0.15) is 5.56 Å². The maximum atomic E-state index is 15.1. The molecule has 0 saturated carbocycles. The molecular formula is C38H25FN2. The molecule has 0 aliphatic rings. The van der Waals surface area contributed by atoms with Crippen molar-refractivity contribution in [2.24, 2.45) is 0 Å². The Balaban J connectivity index is 1.30. The number of rotatable bonds is 4. The van der Waals surface area contributed by atoms with Gasteiger partial charge in [-0.1, -0.05) is 84.9 Å². The van der Waals surface area contributed by atoms with Crippen LogP contribution in [0.15, 0.2) is 134 Å². The van der Waals surface area contributed by atoms with Crippen LogP contribution >= 0.6 is 0 Å². The van der Waals surface area contributed by atoms with Gasteiger partial charge in [0.25, 0.3) is 0 Å². The van der Waals surface area contributed by atoms with Gasteiger partial charge in [-0.2, -0.15) is 0 Å². The average Bonchev–Trinajstić information content (AvgIpc) is 3.02. The second-order valence-corrected chi connectivity index (χ2v) is 10.6. The van der Waals surface area contributed by atoms with Gasteiger partial charge in [-0.3, -0.25) is 4.98 Å². The molecule has 8 aromatic rings. The van der Waals surface area contributed by atoms with E-state index in [-0.39, 0.29) is 5.82 Å². The topological polar surface area (TPSA) is 16.1 Å². The molecule has 194 valence electrons. The smallest absolute Gasteiger partial charge is 0.147 e. The molecule has 41 heavy (non-hydrogen) atoms. The molecule has 7 aromatic carbocycles. The van der Waals surface area contributed by atoms with Crippen LogP contribution in [0.2, 0.25) is 0 Å². The van der Waals surface area contributed by atoms with Crippen molar-refractivity contribution in [1.82, 2.24) is 4.98 Å². The van der Waals surface area contributed by atoms with E-state index in [2.05, 4.69) is 85.8 Å². The standard InChI is InChI=1S/C38H25FN2/c1-24-7-2-4-10-34(24)41(35-11-5-3-9-33(35)39)29-17-14-25(15-18-29)30-19-16-26-12-13-27-23-28-8-6-22-40-38(28)32-21-20-31(30)36(26)37(27)32/h2-23H,1H3. The highest BCUT2D eigenvalue weighted by molar-refractivity contribution is 6.29. The number of nitrogens with zero attached hydrogens (tertiary/aromatic N) is 2. The quantitative estimate of drug-likeness (QED) is 0.167. The molecule has 0 radical (unpaired) electrons. The van der Waals surface area contributed by atoms with Crippen LogP contribution in [0.4, 0.5) is 21.5 Å². The molecule has 3 heteroatoms. The lowest BCUT2D eigenvalue weighted by Crippen LogP contribution is -2.12. The minimum absolute atomic E-state index is 0.256. The van der Waals surface area contributed by atoms with Gasteiger partial charge < -0.3 is 4.90 Å². The fourth-order valence-corrected chi connectivity index (χ4v) is 6.32. The zero-order valence-electron chi connectivity index (χ0n) is 22.5. The van der Waals surface area contributed by atoms with E-state index in [4.69, 9.17) is 4.98 Å². The first-order valence-electron chi connectivity index (χ1n) is 13.8. The molecule has 0 N–H and O–H groups in total. The fraction of sp³-hybridized carbons (Fsp3) is 0.0263. The van der Waals surface area contributed by atoms with E-state index in [1.807, 2.05) is 47.5 Å². The zero-order valence-corrected chi connectivity index (χ0v) is 22.5. The zero-order chi connectivity index (χ0) is 27.5. The number of pyridine rings is 1. The Hall–Kier alpha value is -5.28. The molecule has 0 amide bonds. The lowest BCUT2D eigenvalue weighted by atomic mass is 9.89. The number of aryl methyl sites for hydroxylation is 1. The van der Waals surface area contributed by atoms with Gasteiger partial charge in [0.1, 0.15) is 5.82 Å². The summed E-state index contributed by atoms with van der Waals surface area (Å²) in [6.45, 7) is 2.06. The molecule has 0 unspecified atom stereocenters. The number of hydrogen-bond acceptors (Lipinski definition) is 2. The highest BCUT2D eigenvalue weighted by Gasteiger charge is 2.19. The second-order valence-electron chi connectivity index (χ2n) is 10.6. The van der Waals surface area contributed by atoms with Crippen LogP contribution in [-0.4, -0.2) is 4.98 Å². The molecular weight excluding hydrogens is 503 g/mol. The molecule has 2 nitrogen and oxygen atoms in total. The molecule has 0 bridgehead atoms. The van der Waals surface area contributed by atoms with Crippen LogP contribution < -0.4 is 4.90 Å². The Bertz CT molecular complexity index is 2190. The van der Waals surface area contributed by atoms with Crippen molar-refractivity contribution in [2.75, 3.05) is 4.90 Å². The van der Waals surface area contributed by atoms with E-state index in [0.29, 0.717) is 5.69 Å². The van der Waals surface area contributed by atoms with Crippen molar-refractivity contribution in [3.8, 4) is 11.1 Å². The lowest BCUT2D eigenvalue weighted by Gasteiger charge is -2.27. The summed E-state index contributed by atoms with van der Waals surface area (Å²) in [7, 11) is 0. The van der Waals surface area contributed by atoms with Gasteiger partial charge in [0, 0.05) is 28.3 Å². The van der Waals surface area contributed by atoms with Crippen molar-refractivity contribution in [3.63, 3.8) is 0 Å². The van der Waals surface area contributed by atoms with Gasteiger partial charge in [-0.05, 0) is 93.0 Å². The maximum Gasteiger partial charge on any atom is 0.147 e. The SMILES string of the molecule is Cc1ccccc1N(c1ccc(-c2ccc3ccc4cc5cccnc5c5ccc2c3c45)cc1)c1ccccc1F. The first kappa shape index (κ1) is 23.6. The number of aromatic nitrogens is 1. The highest BCUT2D eigenvalue weighted by Crippen LogP contribution is 2.43. The third kappa shape index (κ3) is 3.66. The molecule has 0 aliphatic carbocycles. The number of hydrogen-bond donors (Lipinski definition) is 0. The van der Waals surface area contributed by atoms with Crippen LogP contribution in [0, 0.1) is 12.7 Å². The summed E-state index contributed by atoms with van der Waals surface area (Å²) in [6.07, 6.45) is 1.87. The Morgan fingerprint density at radius 3 is 2.12 bits per heavy atom. The average molecular weight is 529 g/mol. The van der Waals surface area contributed by atoms with Crippen LogP contribution in [-0.2, 0) is 0 Å². The predicted octanol–water partition coefficient (Wildman–Crippen LogP) is 10.7. The predicted molar refractivity (Wildman–Crippen MR) is 170 cm³/mol. The van der Waals surface area contributed by atoms with Crippen LogP contribution in [0.25, 0.3) is 54.3 Å². The molecule has 0 spiro atoms. The number of benzene rings is 7. The summed E-state index contributed by atoms with van der Waals surface area (Å²) in [4.78, 5) is 6.72. The minimum atomic E-state index is -0.256. The largest absolute Gasteiger partial charge is 0.307 e. The van der Waals surface area contributed by atoms with Gasteiger partial charge in [0.15, 0.2) is 0 Å². The lowest BCUT2D eigenvalue weighted by molar-refractivity contribution is 0.629. The van der Waals surface area contributed by atoms with E-state index < -0.39 is 0 Å². The normalized spacial score (nSPS) is 11.7. The number of fused-ring (bicyclic) bond motifs is 2. The number of halogens is 1. The van der Waals surface area contributed by atoms with E-state index in [1.54, 1.807) is 6.07 Å². The first-order chi connectivity index (χ1) is 20.2. The van der Waals surface area contributed by atoms with E-state index >= 15 is 4.39 Å². The maximum absolute atomic E-state index is 15.1. The van der Waals surface area contributed by atoms with E-state index in [1.165, 1.54) is 43.9 Å². The van der Waals surface area contributed by atoms with Gasteiger partial charge in [-0.15, -0.1) is 0 Å². The minimum Gasteiger partial charge on any atom is -0.307 e.